The molecule has 220 valence electrons. The molecule has 1 saturated heterocycles. The number of aliphatic hydroxyl groups is 1. The van der Waals surface area contributed by atoms with Crippen LogP contribution in [0.4, 0.5) is 5.69 Å². The van der Waals surface area contributed by atoms with Crippen molar-refractivity contribution < 1.29 is 19.4 Å². The van der Waals surface area contributed by atoms with E-state index >= 15 is 0 Å². The van der Waals surface area contributed by atoms with Crippen LogP contribution in [0.25, 0.3) is 0 Å². The number of Topliss-reactive ketones (excluding diaryl/α,β-unsaturated/α-hetero) is 1. The van der Waals surface area contributed by atoms with E-state index in [-0.39, 0.29) is 29.8 Å². The van der Waals surface area contributed by atoms with Gasteiger partial charge in [-0.3, -0.25) is 14.6 Å². The van der Waals surface area contributed by atoms with Crippen LogP contribution < -0.4 is 10.5 Å². The van der Waals surface area contributed by atoms with Crippen LogP contribution in [-0.4, -0.2) is 69.7 Å². The fourth-order valence-electron chi connectivity index (χ4n) is 6.24. The van der Waals surface area contributed by atoms with Crippen molar-refractivity contribution in [2.45, 2.75) is 84.2 Å². The van der Waals surface area contributed by atoms with Gasteiger partial charge in [0.15, 0.2) is 12.4 Å². The number of hydrogen-bond donors (Lipinski definition) is 2. The second-order valence-corrected chi connectivity index (χ2v) is 13.0. The maximum Gasteiger partial charge on any atom is 0.255 e. The number of amides is 1. The molecular formula is C32H43N5O4. The normalized spacial score (nSPS) is 20.2. The zero-order chi connectivity index (χ0) is 29.1. The summed E-state index contributed by atoms with van der Waals surface area (Å²) in [6.45, 7) is 9.23. The number of pyridine rings is 2. The predicted molar refractivity (Wildman–Crippen MR) is 158 cm³/mol. The van der Waals surface area contributed by atoms with Gasteiger partial charge in [-0.15, -0.1) is 0 Å². The number of nitrogens with zero attached hydrogens (tertiary/aromatic N) is 4. The molecule has 9 heteroatoms. The van der Waals surface area contributed by atoms with Crippen molar-refractivity contribution in [2.75, 3.05) is 26.2 Å². The summed E-state index contributed by atoms with van der Waals surface area (Å²) in [6.07, 6.45) is 7.80. The van der Waals surface area contributed by atoms with Crippen LogP contribution in [0.15, 0.2) is 29.4 Å². The summed E-state index contributed by atoms with van der Waals surface area (Å²) in [5, 5.41) is 9.88. The molecule has 0 radical (unpaired) electrons. The van der Waals surface area contributed by atoms with E-state index in [0.717, 1.165) is 75.1 Å². The maximum absolute atomic E-state index is 13.6. The van der Waals surface area contributed by atoms with Gasteiger partial charge in [0.25, 0.3) is 5.91 Å². The van der Waals surface area contributed by atoms with Crippen molar-refractivity contribution in [2.24, 2.45) is 22.1 Å². The Balaban J connectivity index is 1.29. The first-order valence-electron chi connectivity index (χ1n) is 14.9. The lowest BCUT2D eigenvalue weighted by atomic mass is 9.71. The molecule has 41 heavy (non-hydrogen) atoms. The molecule has 3 aliphatic rings. The summed E-state index contributed by atoms with van der Waals surface area (Å²) in [5.74, 6) is 0.371. The summed E-state index contributed by atoms with van der Waals surface area (Å²) >= 11 is 0. The Labute approximate surface area is 242 Å². The summed E-state index contributed by atoms with van der Waals surface area (Å²) in [5.41, 5.74) is 11.2. The number of aliphatic hydroxyl groups excluding tert-OH is 1. The number of aliphatic imine (C=N–C) groups is 1. The van der Waals surface area contributed by atoms with Gasteiger partial charge in [0.05, 0.1) is 23.2 Å². The minimum Gasteiger partial charge on any atom is -0.468 e. The molecule has 4 heterocycles. The molecule has 2 atom stereocenters. The first-order chi connectivity index (χ1) is 19.5. The molecule has 2 aromatic heterocycles. The third-order valence-electron chi connectivity index (χ3n) is 8.96. The topological polar surface area (TPSA) is 131 Å². The minimum absolute atomic E-state index is 0.0432. The van der Waals surface area contributed by atoms with E-state index in [4.69, 9.17) is 20.4 Å². The number of ether oxygens (including phenoxy) is 1. The lowest BCUT2D eigenvalue weighted by Gasteiger charge is -2.34. The number of fused-ring (bicyclic) bond motifs is 2. The van der Waals surface area contributed by atoms with Crippen LogP contribution in [-0.2, 0) is 28.9 Å². The molecule has 3 N–H and O–H groups in total. The van der Waals surface area contributed by atoms with Crippen molar-refractivity contribution in [1.82, 2.24) is 14.9 Å². The number of hydrogen-bond acceptors (Lipinski definition) is 8. The van der Waals surface area contributed by atoms with Gasteiger partial charge in [0.1, 0.15) is 0 Å². The third kappa shape index (κ3) is 7.38. The second-order valence-electron chi connectivity index (χ2n) is 13.0. The summed E-state index contributed by atoms with van der Waals surface area (Å²) in [6, 6.07) is 5.80. The van der Waals surface area contributed by atoms with Gasteiger partial charge in [-0.2, -0.15) is 0 Å². The van der Waals surface area contributed by atoms with Crippen LogP contribution in [0.5, 0.6) is 5.88 Å². The van der Waals surface area contributed by atoms with E-state index in [0.29, 0.717) is 30.4 Å². The Bertz CT molecular complexity index is 1290. The van der Waals surface area contributed by atoms with Gasteiger partial charge in [-0.25, -0.2) is 9.98 Å². The predicted octanol–water partition coefficient (Wildman–Crippen LogP) is 3.71. The molecule has 2 aromatic rings. The van der Waals surface area contributed by atoms with Crippen molar-refractivity contribution >= 4 is 23.1 Å². The molecule has 1 fully saturated rings. The van der Waals surface area contributed by atoms with E-state index in [1.807, 2.05) is 6.07 Å². The van der Waals surface area contributed by atoms with E-state index in [2.05, 4.69) is 36.7 Å². The molecule has 0 spiro atoms. The number of carbonyl (C=O) groups excluding carboxylic acids is 2. The van der Waals surface area contributed by atoms with Gasteiger partial charge in [-0.05, 0) is 79.5 Å². The van der Waals surface area contributed by atoms with Crippen molar-refractivity contribution in [3.63, 3.8) is 0 Å². The Morgan fingerprint density at radius 2 is 1.95 bits per heavy atom. The molecule has 5 rings (SSSR count). The Morgan fingerprint density at radius 3 is 2.63 bits per heavy atom. The van der Waals surface area contributed by atoms with Gasteiger partial charge in [0.2, 0.25) is 5.88 Å². The van der Waals surface area contributed by atoms with Crippen molar-refractivity contribution in [3.8, 4) is 5.88 Å². The number of aryl methyl sites for hydroxylation is 1. The number of primary amides is 1. The van der Waals surface area contributed by atoms with Crippen LogP contribution >= 0.6 is 0 Å². The molecule has 2 aliphatic heterocycles. The highest BCUT2D eigenvalue weighted by molar-refractivity contribution is 6.41. The maximum atomic E-state index is 13.6. The second kappa shape index (κ2) is 12.4. The Kier molecular flexibility index (Phi) is 8.85. The minimum atomic E-state index is -0.561. The van der Waals surface area contributed by atoms with Gasteiger partial charge >= 0.3 is 0 Å². The highest BCUT2D eigenvalue weighted by Crippen LogP contribution is 2.39. The Hall–Kier alpha value is -3.17. The lowest BCUT2D eigenvalue weighted by molar-refractivity contribution is -0.120. The van der Waals surface area contributed by atoms with E-state index in [1.165, 1.54) is 11.3 Å². The summed E-state index contributed by atoms with van der Waals surface area (Å²) in [7, 11) is 0. The third-order valence-corrected chi connectivity index (χ3v) is 8.96. The molecule has 0 bridgehead atoms. The average molecular weight is 562 g/mol. The number of likely N-dealkylation sites (tertiary alicyclic amines) is 1. The van der Waals surface area contributed by atoms with Crippen LogP contribution in [0.3, 0.4) is 0 Å². The van der Waals surface area contributed by atoms with Crippen LogP contribution in [0, 0.1) is 11.3 Å². The molecule has 1 amide bonds. The molecule has 0 saturated carbocycles. The van der Waals surface area contributed by atoms with Gasteiger partial charge in [-0.1, -0.05) is 26.8 Å². The van der Waals surface area contributed by atoms with Crippen LogP contribution in [0.1, 0.15) is 81.3 Å². The highest BCUT2D eigenvalue weighted by Gasteiger charge is 2.32. The zero-order valence-corrected chi connectivity index (χ0v) is 24.6. The fraction of sp³-hybridized carbons (Fsp3) is 0.594. The molecule has 0 unspecified atom stereocenters. The molecule has 1 aliphatic carbocycles. The van der Waals surface area contributed by atoms with Gasteiger partial charge in [0, 0.05) is 43.9 Å². The van der Waals surface area contributed by atoms with Crippen molar-refractivity contribution in [3.05, 3.63) is 46.9 Å². The SMILES string of the molecule is CC(C)(C)[C@H]1CCc2nc3c(cc2C1)N=C(C(=O)C[C@H](CCN1CCC(O)CC1)c1ccc(OCC(N)=O)nc1)C3. The molecule has 0 aromatic carbocycles. The first-order valence-corrected chi connectivity index (χ1v) is 14.9. The largest absolute Gasteiger partial charge is 0.468 e. The fourth-order valence-corrected chi connectivity index (χ4v) is 6.24. The number of rotatable bonds is 10. The first kappa shape index (κ1) is 29.3. The van der Waals surface area contributed by atoms with Crippen LogP contribution in [0.2, 0.25) is 0 Å². The average Bonchev–Trinajstić information content (AvgIpc) is 3.36. The number of nitrogens with two attached hydrogens (primary N) is 1. The van der Waals surface area contributed by atoms with E-state index < -0.39 is 5.91 Å². The monoisotopic (exact) mass is 561 g/mol. The lowest BCUT2D eigenvalue weighted by Crippen LogP contribution is -2.37. The highest BCUT2D eigenvalue weighted by atomic mass is 16.5. The standard InChI is InChI=1S/C32H43N5O4/c1-32(2,3)23-5-6-25-22(14-23)15-26-27(35-25)17-28(36-26)29(39)16-20(8-11-37-12-9-24(38)10-13-37)21-4-7-31(34-18-21)41-19-30(33)40/h4,7,15,18,20,23-24,38H,5-6,8-14,16-17,19H2,1-3H3,(H2,33,40)/t20-,23-/m0/s1. The molecule has 9 nitrogen and oxygen atoms in total. The number of piperidine rings is 1. The number of carbonyl (C=O) groups is 2. The van der Waals surface area contributed by atoms with Gasteiger partial charge < -0.3 is 20.5 Å². The molecular weight excluding hydrogens is 518 g/mol. The summed E-state index contributed by atoms with van der Waals surface area (Å²) in [4.78, 5) is 41.2. The van der Waals surface area contributed by atoms with Crippen molar-refractivity contribution in [1.29, 1.82) is 0 Å². The van der Waals surface area contributed by atoms with E-state index in [1.54, 1.807) is 12.3 Å². The zero-order valence-electron chi connectivity index (χ0n) is 24.6. The Morgan fingerprint density at radius 1 is 1.17 bits per heavy atom. The van der Waals surface area contributed by atoms with E-state index in [9.17, 15) is 14.7 Å². The smallest absolute Gasteiger partial charge is 0.255 e. The summed E-state index contributed by atoms with van der Waals surface area (Å²) < 4.78 is 5.32. The quantitative estimate of drug-likeness (QED) is 0.452. The number of aromatic nitrogens is 2. The number of ketones is 1.